The van der Waals surface area contributed by atoms with E-state index in [-0.39, 0.29) is 0 Å². The Morgan fingerprint density at radius 2 is 2.00 bits per heavy atom. The van der Waals surface area contributed by atoms with Gasteiger partial charge in [0, 0.05) is 7.05 Å². The summed E-state index contributed by atoms with van der Waals surface area (Å²) in [6, 6.07) is 0. The van der Waals surface area contributed by atoms with Crippen LogP contribution in [-0.4, -0.2) is 13.3 Å². The molecule has 1 heteroatoms. The summed E-state index contributed by atoms with van der Waals surface area (Å²) in [6.45, 7) is 6.76. The van der Waals surface area contributed by atoms with E-state index in [9.17, 15) is 0 Å². The first-order valence-electron chi connectivity index (χ1n) is 5.23. The minimum atomic E-state index is 0.786. The summed E-state index contributed by atoms with van der Waals surface area (Å²) >= 11 is 0. The molecule has 13 heavy (non-hydrogen) atoms. The summed E-state index contributed by atoms with van der Waals surface area (Å²) in [5.74, 6) is 0.786. The highest BCUT2D eigenvalue weighted by atomic mass is 14.6. The minimum absolute atomic E-state index is 0.786. The fourth-order valence-electron chi connectivity index (χ4n) is 1.41. The van der Waals surface area contributed by atoms with Crippen LogP contribution in [0.1, 0.15) is 46.5 Å². The maximum atomic E-state index is 3.96. The molecule has 0 bridgehead atoms. The molecule has 0 heterocycles. The van der Waals surface area contributed by atoms with Gasteiger partial charge < -0.3 is 4.99 Å². The molecule has 0 amide bonds. The maximum Gasteiger partial charge on any atom is 0.0273 e. The van der Waals surface area contributed by atoms with Crippen molar-refractivity contribution in [3.63, 3.8) is 0 Å². The summed E-state index contributed by atoms with van der Waals surface area (Å²) in [6.07, 6.45) is 9.14. The number of aliphatic imine (C=N–C) groups is 1. The van der Waals surface area contributed by atoms with Crippen LogP contribution in [-0.2, 0) is 0 Å². The quantitative estimate of drug-likeness (QED) is 0.335. The van der Waals surface area contributed by atoms with Crippen molar-refractivity contribution >= 4 is 6.21 Å². The molecule has 0 aromatic rings. The lowest BCUT2D eigenvalue weighted by Gasteiger charge is -2.03. The Bertz CT molecular complexity index is 166. The monoisotopic (exact) mass is 181 g/mol. The van der Waals surface area contributed by atoms with Crippen molar-refractivity contribution in [2.24, 2.45) is 10.9 Å². The van der Waals surface area contributed by atoms with Gasteiger partial charge in [0.25, 0.3) is 0 Å². The van der Waals surface area contributed by atoms with Gasteiger partial charge in [-0.05, 0) is 44.7 Å². The zero-order chi connectivity index (χ0) is 10.1. The molecule has 0 aliphatic rings. The SMILES string of the molecule is C/N=C\CCC/C=C(\C)CC(C)C. The molecule has 0 aromatic carbocycles. The first kappa shape index (κ1) is 12.4. The van der Waals surface area contributed by atoms with Crippen LogP contribution in [0.2, 0.25) is 0 Å². The number of rotatable bonds is 6. The van der Waals surface area contributed by atoms with Crippen LogP contribution < -0.4 is 0 Å². The van der Waals surface area contributed by atoms with Crippen LogP contribution >= 0.6 is 0 Å². The Balaban J connectivity index is 3.47. The molecular weight excluding hydrogens is 158 g/mol. The van der Waals surface area contributed by atoms with Crippen molar-refractivity contribution in [3.8, 4) is 0 Å². The van der Waals surface area contributed by atoms with Gasteiger partial charge in [0.2, 0.25) is 0 Å². The summed E-state index contributed by atoms with van der Waals surface area (Å²) < 4.78 is 0. The zero-order valence-corrected chi connectivity index (χ0v) is 9.51. The van der Waals surface area contributed by atoms with Crippen molar-refractivity contribution in [2.45, 2.75) is 46.5 Å². The third kappa shape index (κ3) is 9.32. The molecule has 0 fully saturated rings. The van der Waals surface area contributed by atoms with Crippen LogP contribution in [0.3, 0.4) is 0 Å². The Kier molecular flexibility index (Phi) is 7.66. The van der Waals surface area contributed by atoms with E-state index < -0.39 is 0 Å². The third-order valence-electron chi connectivity index (χ3n) is 1.94. The lowest BCUT2D eigenvalue weighted by atomic mass is 10.0. The van der Waals surface area contributed by atoms with E-state index in [0.717, 1.165) is 12.3 Å². The Morgan fingerprint density at radius 1 is 1.31 bits per heavy atom. The van der Waals surface area contributed by atoms with Gasteiger partial charge in [0.1, 0.15) is 0 Å². The van der Waals surface area contributed by atoms with Gasteiger partial charge in [-0.25, -0.2) is 0 Å². The molecule has 0 unspecified atom stereocenters. The van der Waals surface area contributed by atoms with Crippen molar-refractivity contribution in [2.75, 3.05) is 7.05 Å². The highest BCUT2D eigenvalue weighted by molar-refractivity contribution is 5.56. The molecule has 0 spiro atoms. The van der Waals surface area contributed by atoms with Crippen LogP contribution in [0.4, 0.5) is 0 Å². The fourth-order valence-corrected chi connectivity index (χ4v) is 1.41. The van der Waals surface area contributed by atoms with Gasteiger partial charge in [-0.1, -0.05) is 25.5 Å². The first-order valence-corrected chi connectivity index (χ1v) is 5.23. The second kappa shape index (κ2) is 8.03. The van der Waals surface area contributed by atoms with Crippen LogP contribution in [0.5, 0.6) is 0 Å². The van der Waals surface area contributed by atoms with Crippen molar-refractivity contribution in [1.29, 1.82) is 0 Å². The molecule has 1 nitrogen and oxygen atoms in total. The molecular formula is C12H23N. The largest absolute Gasteiger partial charge is 0.301 e. The van der Waals surface area contributed by atoms with Crippen molar-refractivity contribution in [1.82, 2.24) is 0 Å². The highest BCUT2D eigenvalue weighted by Gasteiger charge is 1.94. The van der Waals surface area contributed by atoms with Crippen molar-refractivity contribution in [3.05, 3.63) is 11.6 Å². The van der Waals surface area contributed by atoms with E-state index in [2.05, 4.69) is 31.8 Å². The standard InChI is InChI=1S/C12H23N/c1-11(2)10-12(3)8-6-5-7-9-13-4/h8-9,11H,5-7,10H2,1-4H3/b12-8+,13-9-. The predicted octanol–water partition coefficient (Wildman–Crippen LogP) is 3.85. The Labute approximate surface area is 83.0 Å². The molecule has 76 valence electrons. The number of hydrogen-bond donors (Lipinski definition) is 0. The Hall–Kier alpha value is -0.590. The van der Waals surface area contributed by atoms with E-state index in [1.807, 2.05) is 13.3 Å². The van der Waals surface area contributed by atoms with Gasteiger partial charge in [-0.15, -0.1) is 0 Å². The van der Waals surface area contributed by atoms with Gasteiger partial charge in [0.05, 0.1) is 0 Å². The van der Waals surface area contributed by atoms with Crippen LogP contribution in [0.25, 0.3) is 0 Å². The van der Waals surface area contributed by atoms with Crippen LogP contribution in [0.15, 0.2) is 16.6 Å². The molecule has 0 aliphatic heterocycles. The number of allylic oxidation sites excluding steroid dienone is 2. The van der Waals surface area contributed by atoms with E-state index in [0.29, 0.717) is 0 Å². The second-order valence-electron chi connectivity index (χ2n) is 4.02. The normalized spacial score (nSPS) is 13.2. The molecule has 0 atom stereocenters. The third-order valence-corrected chi connectivity index (χ3v) is 1.94. The smallest absolute Gasteiger partial charge is 0.0273 e. The average molecular weight is 181 g/mol. The van der Waals surface area contributed by atoms with E-state index >= 15 is 0 Å². The predicted molar refractivity (Wildman–Crippen MR) is 61.5 cm³/mol. The fraction of sp³-hybridized carbons (Fsp3) is 0.750. The van der Waals surface area contributed by atoms with E-state index in [1.54, 1.807) is 0 Å². The Morgan fingerprint density at radius 3 is 2.54 bits per heavy atom. The summed E-state index contributed by atoms with van der Waals surface area (Å²) in [4.78, 5) is 3.96. The second-order valence-corrected chi connectivity index (χ2v) is 4.02. The number of nitrogens with zero attached hydrogens (tertiary/aromatic N) is 1. The molecule has 0 saturated carbocycles. The lowest BCUT2D eigenvalue weighted by Crippen LogP contribution is -1.88. The first-order chi connectivity index (χ1) is 6.16. The van der Waals surface area contributed by atoms with E-state index in [1.165, 1.54) is 24.8 Å². The van der Waals surface area contributed by atoms with Gasteiger partial charge >= 0.3 is 0 Å². The maximum absolute atomic E-state index is 3.96. The average Bonchev–Trinajstić information content (AvgIpc) is 2.02. The topological polar surface area (TPSA) is 12.4 Å². The molecule has 0 aromatic heterocycles. The lowest BCUT2D eigenvalue weighted by molar-refractivity contribution is 0.639. The molecule has 0 rings (SSSR count). The summed E-state index contributed by atoms with van der Waals surface area (Å²) in [5, 5.41) is 0. The van der Waals surface area contributed by atoms with Gasteiger partial charge in [0.15, 0.2) is 0 Å². The summed E-state index contributed by atoms with van der Waals surface area (Å²) in [7, 11) is 1.83. The molecule has 0 N–H and O–H groups in total. The molecule has 0 radical (unpaired) electrons. The zero-order valence-electron chi connectivity index (χ0n) is 9.51. The van der Waals surface area contributed by atoms with Gasteiger partial charge in [-0.3, -0.25) is 0 Å². The minimum Gasteiger partial charge on any atom is -0.301 e. The van der Waals surface area contributed by atoms with Crippen molar-refractivity contribution < 1.29 is 0 Å². The van der Waals surface area contributed by atoms with E-state index in [4.69, 9.17) is 0 Å². The van der Waals surface area contributed by atoms with Crippen LogP contribution in [0, 0.1) is 5.92 Å². The number of hydrogen-bond acceptors (Lipinski definition) is 1. The summed E-state index contributed by atoms with van der Waals surface area (Å²) in [5.41, 5.74) is 1.53. The molecule has 0 saturated heterocycles. The molecule has 0 aliphatic carbocycles. The van der Waals surface area contributed by atoms with Gasteiger partial charge in [-0.2, -0.15) is 0 Å². The highest BCUT2D eigenvalue weighted by Crippen LogP contribution is 2.11. The number of unbranched alkanes of at least 4 members (excludes halogenated alkanes) is 2.